The van der Waals surface area contributed by atoms with Crippen molar-refractivity contribution in [3.63, 3.8) is 0 Å². The summed E-state index contributed by atoms with van der Waals surface area (Å²) in [5.41, 5.74) is 1.86. The number of rotatable bonds is 7. The highest BCUT2D eigenvalue weighted by Crippen LogP contribution is 2.29. The molecular weight excluding hydrogens is 465 g/mol. The van der Waals surface area contributed by atoms with Crippen LogP contribution in [0, 0.1) is 11.3 Å². The minimum absolute atomic E-state index is 0.187. The van der Waals surface area contributed by atoms with E-state index in [1.54, 1.807) is 50.5 Å². The fourth-order valence-electron chi connectivity index (χ4n) is 3.76. The highest BCUT2D eigenvalue weighted by Gasteiger charge is 2.27. The number of anilines is 2. The molecule has 1 fully saturated rings. The van der Waals surface area contributed by atoms with E-state index in [0.29, 0.717) is 52.7 Å². The number of piperidine rings is 1. The van der Waals surface area contributed by atoms with Gasteiger partial charge in [-0.15, -0.1) is 0 Å². The maximum atomic E-state index is 14.2. The van der Waals surface area contributed by atoms with Crippen LogP contribution in [0.2, 0.25) is 0 Å². The summed E-state index contributed by atoms with van der Waals surface area (Å²) >= 11 is 0. The Balaban J connectivity index is 1.55. The van der Waals surface area contributed by atoms with Crippen molar-refractivity contribution in [2.24, 2.45) is 0 Å². The second-order valence-electron chi connectivity index (χ2n) is 8.35. The highest BCUT2D eigenvalue weighted by atomic mass is 19.1. The van der Waals surface area contributed by atoms with Crippen molar-refractivity contribution < 1.29 is 18.7 Å². The summed E-state index contributed by atoms with van der Waals surface area (Å²) < 4.78 is 25.3. The fraction of sp³-hybridized carbons (Fsp3) is 0.320. The molecule has 1 amide bonds. The molecule has 1 saturated heterocycles. The number of carbonyl (C=O) groups is 1. The number of carbonyl (C=O) groups excluding carboxylic acids is 1. The number of methoxy groups -OCH3 is 1. The molecule has 1 aliphatic heterocycles. The topological polar surface area (TPSA) is 125 Å². The number of hydrogen-bond donors (Lipinski definition) is 2. The Morgan fingerprint density at radius 3 is 2.78 bits per heavy atom. The van der Waals surface area contributed by atoms with E-state index in [0.717, 1.165) is 0 Å². The largest absolute Gasteiger partial charge is 0.486 e. The van der Waals surface area contributed by atoms with E-state index in [-0.39, 0.29) is 18.3 Å². The standard InChI is InChI=1S/C25H26FN7O3/c1-33(2)25(34)17-5-7-22(32-24(17)35-3)31-23-11-19(29-14-30-23)15-4-6-20(16(10-15)12-27)36-21-8-9-28-13-18(21)26/h4-7,10-11,14,18,21,28H,8-9,13H2,1-3H3,(H,29,30,31,32)/t18-,21+/m1/s1. The maximum absolute atomic E-state index is 14.2. The van der Waals surface area contributed by atoms with Crippen molar-refractivity contribution in [1.82, 2.24) is 25.2 Å². The van der Waals surface area contributed by atoms with Crippen molar-refractivity contribution in [2.75, 3.05) is 39.6 Å². The van der Waals surface area contributed by atoms with Gasteiger partial charge >= 0.3 is 0 Å². The number of amides is 1. The highest BCUT2D eigenvalue weighted by molar-refractivity contribution is 5.96. The van der Waals surface area contributed by atoms with Crippen LogP contribution in [0.1, 0.15) is 22.3 Å². The van der Waals surface area contributed by atoms with Gasteiger partial charge in [0.05, 0.1) is 18.4 Å². The van der Waals surface area contributed by atoms with Gasteiger partial charge in [0.2, 0.25) is 5.88 Å². The normalized spacial score (nSPS) is 17.1. The van der Waals surface area contributed by atoms with Gasteiger partial charge in [-0.2, -0.15) is 10.2 Å². The molecule has 1 aromatic carbocycles. The first kappa shape index (κ1) is 24.8. The number of ether oxygens (including phenoxy) is 2. The summed E-state index contributed by atoms with van der Waals surface area (Å²) in [6.45, 7) is 0.897. The van der Waals surface area contributed by atoms with Gasteiger partial charge < -0.3 is 25.0 Å². The predicted molar refractivity (Wildman–Crippen MR) is 131 cm³/mol. The lowest BCUT2D eigenvalue weighted by Gasteiger charge is -2.27. The number of nitrogens with zero attached hydrogens (tertiary/aromatic N) is 5. The van der Waals surface area contributed by atoms with E-state index in [2.05, 4.69) is 31.7 Å². The molecule has 10 nitrogen and oxygen atoms in total. The van der Waals surface area contributed by atoms with Gasteiger partial charge in [-0.3, -0.25) is 4.79 Å². The van der Waals surface area contributed by atoms with Crippen LogP contribution in [0.5, 0.6) is 11.6 Å². The first-order valence-corrected chi connectivity index (χ1v) is 11.3. The minimum Gasteiger partial charge on any atom is -0.486 e. The van der Waals surface area contributed by atoms with Gasteiger partial charge in [-0.25, -0.2) is 14.4 Å². The summed E-state index contributed by atoms with van der Waals surface area (Å²) in [7, 11) is 4.75. The Morgan fingerprint density at radius 1 is 1.22 bits per heavy atom. The Bertz CT molecular complexity index is 1290. The average molecular weight is 492 g/mol. The average Bonchev–Trinajstić information content (AvgIpc) is 2.89. The number of hydrogen-bond acceptors (Lipinski definition) is 9. The molecule has 11 heteroatoms. The van der Waals surface area contributed by atoms with E-state index in [1.165, 1.54) is 18.3 Å². The quantitative estimate of drug-likeness (QED) is 0.513. The van der Waals surface area contributed by atoms with Crippen LogP contribution in [0.25, 0.3) is 11.3 Å². The molecule has 0 spiro atoms. The minimum atomic E-state index is -1.14. The van der Waals surface area contributed by atoms with Gasteiger partial charge in [0, 0.05) is 32.3 Å². The van der Waals surface area contributed by atoms with Crippen molar-refractivity contribution in [3.8, 4) is 29.0 Å². The second-order valence-corrected chi connectivity index (χ2v) is 8.35. The molecule has 0 bridgehead atoms. The molecule has 2 aromatic heterocycles. The molecule has 3 heterocycles. The van der Waals surface area contributed by atoms with Crippen LogP contribution in [0.15, 0.2) is 42.7 Å². The van der Waals surface area contributed by atoms with Gasteiger partial charge in [-0.05, 0) is 43.3 Å². The van der Waals surface area contributed by atoms with Crippen LogP contribution >= 0.6 is 0 Å². The monoisotopic (exact) mass is 491 g/mol. The lowest BCUT2D eigenvalue weighted by atomic mass is 10.1. The van der Waals surface area contributed by atoms with Crippen LogP contribution in [0.4, 0.5) is 16.0 Å². The molecule has 0 radical (unpaired) electrons. The first-order chi connectivity index (χ1) is 17.4. The van der Waals surface area contributed by atoms with Crippen molar-refractivity contribution >= 4 is 17.5 Å². The van der Waals surface area contributed by atoms with E-state index in [4.69, 9.17) is 9.47 Å². The summed E-state index contributed by atoms with van der Waals surface area (Å²) in [5, 5.41) is 15.7. The molecule has 0 unspecified atom stereocenters. The molecule has 36 heavy (non-hydrogen) atoms. The van der Waals surface area contributed by atoms with E-state index >= 15 is 0 Å². The number of nitriles is 1. The van der Waals surface area contributed by atoms with Crippen LogP contribution in [0.3, 0.4) is 0 Å². The van der Waals surface area contributed by atoms with Crippen molar-refractivity contribution in [1.29, 1.82) is 5.26 Å². The van der Waals surface area contributed by atoms with Crippen LogP contribution < -0.4 is 20.1 Å². The molecule has 3 aromatic rings. The van der Waals surface area contributed by atoms with Gasteiger partial charge in [0.1, 0.15) is 47.6 Å². The Hall–Kier alpha value is -4.30. The van der Waals surface area contributed by atoms with Gasteiger partial charge in [0.15, 0.2) is 0 Å². The Morgan fingerprint density at radius 2 is 2.06 bits per heavy atom. The molecule has 4 rings (SSSR count). The third kappa shape index (κ3) is 5.50. The number of pyridine rings is 1. The number of nitrogens with one attached hydrogen (secondary N) is 2. The van der Waals surface area contributed by atoms with Crippen molar-refractivity contribution in [2.45, 2.75) is 18.7 Å². The Kier molecular flexibility index (Phi) is 7.56. The van der Waals surface area contributed by atoms with Crippen molar-refractivity contribution in [3.05, 3.63) is 53.9 Å². The van der Waals surface area contributed by atoms with E-state index in [1.807, 2.05) is 0 Å². The molecule has 186 valence electrons. The first-order valence-electron chi connectivity index (χ1n) is 11.3. The third-order valence-electron chi connectivity index (χ3n) is 5.64. The lowest BCUT2D eigenvalue weighted by molar-refractivity contribution is 0.0729. The fourth-order valence-corrected chi connectivity index (χ4v) is 3.76. The van der Waals surface area contributed by atoms with Gasteiger partial charge in [0.25, 0.3) is 5.91 Å². The maximum Gasteiger partial charge on any atom is 0.258 e. The zero-order chi connectivity index (χ0) is 25.7. The van der Waals surface area contributed by atoms with Crippen LogP contribution in [-0.4, -0.2) is 72.3 Å². The molecule has 0 saturated carbocycles. The SMILES string of the molecule is COc1nc(Nc2cc(-c3ccc(O[C@H]4CCNC[C@H]4F)c(C#N)c3)ncn2)ccc1C(=O)N(C)C. The molecule has 2 atom stereocenters. The third-order valence-corrected chi connectivity index (χ3v) is 5.64. The lowest BCUT2D eigenvalue weighted by Crippen LogP contribution is -2.44. The number of halogens is 1. The number of alkyl halides is 1. The summed E-state index contributed by atoms with van der Waals surface area (Å²) in [4.78, 5) is 26.7. The summed E-state index contributed by atoms with van der Waals surface area (Å²) in [6.07, 6.45) is 0.182. The second kappa shape index (κ2) is 11.0. The molecular formula is C25H26FN7O3. The zero-order valence-corrected chi connectivity index (χ0v) is 20.2. The molecule has 0 aliphatic carbocycles. The summed E-state index contributed by atoms with van der Waals surface area (Å²) in [6, 6.07) is 12.2. The van der Waals surface area contributed by atoms with Gasteiger partial charge in [-0.1, -0.05) is 0 Å². The summed E-state index contributed by atoms with van der Waals surface area (Å²) in [5.74, 6) is 1.18. The molecule has 2 N–H and O–H groups in total. The zero-order valence-electron chi connectivity index (χ0n) is 20.2. The number of benzene rings is 1. The molecule has 1 aliphatic rings. The van der Waals surface area contributed by atoms with E-state index < -0.39 is 12.3 Å². The number of aromatic nitrogens is 3. The van der Waals surface area contributed by atoms with Crippen LogP contribution in [-0.2, 0) is 0 Å². The smallest absolute Gasteiger partial charge is 0.258 e. The van der Waals surface area contributed by atoms with E-state index in [9.17, 15) is 14.4 Å². The predicted octanol–water partition coefficient (Wildman–Crippen LogP) is 2.94. The Labute approximate surface area is 208 Å².